The van der Waals surface area contributed by atoms with Gasteiger partial charge in [-0.1, -0.05) is 20.8 Å². The van der Waals surface area contributed by atoms with Gasteiger partial charge in [0, 0.05) is 12.3 Å². The Labute approximate surface area is 84.3 Å². The number of hydrogen-bond donors (Lipinski definition) is 1. The van der Waals surface area contributed by atoms with E-state index in [1.54, 1.807) is 6.92 Å². The van der Waals surface area contributed by atoms with E-state index in [4.69, 9.17) is 9.84 Å². The highest BCUT2D eigenvalue weighted by Gasteiger charge is 2.11. The van der Waals surface area contributed by atoms with Crippen molar-refractivity contribution in [3.8, 4) is 0 Å². The fraction of sp³-hybridized carbons (Fsp3) is 0.800. The summed E-state index contributed by atoms with van der Waals surface area (Å²) in [6.45, 7) is 5.80. The van der Waals surface area contributed by atoms with Crippen molar-refractivity contribution < 1.29 is 19.4 Å². The molecule has 0 amide bonds. The van der Waals surface area contributed by atoms with Crippen molar-refractivity contribution in [3.05, 3.63) is 0 Å². The Bertz CT molecular complexity index is 198. The summed E-state index contributed by atoms with van der Waals surface area (Å²) >= 11 is 0. The number of ether oxygens (including phenoxy) is 1. The number of carboxylic acid groups (broad SMARTS) is 1. The molecule has 82 valence electrons. The molecule has 0 fully saturated rings. The maximum Gasteiger partial charge on any atom is 0.306 e. The van der Waals surface area contributed by atoms with Gasteiger partial charge in [-0.3, -0.25) is 9.59 Å². The van der Waals surface area contributed by atoms with Crippen molar-refractivity contribution in [2.24, 2.45) is 11.8 Å². The average molecular weight is 202 g/mol. The van der Waals surface area contributed by atoms with Crippen LogP contribution in [0.15, 0.2) is 0 Å². The molecular formula is C10H18O4. The van der Waals surface area contributed by atoms with E-state index < -0.39 is 5.97 Å². The van der Waals surface area contributed by atoms with Crippen LogP contribution in [0.1, 0.15) is 33.6 Å². The van der Waals surface area contributed by atoms with Crippen molar-refractivity contribution in [1.82, 2.24) is 0 Å². The van der Waals surface area contributed by atoms with Crippen LogP contribution in [0.3, 0.4) is 0 Å². The summed E-state index contributed by atoms with van der Waals surface area (Å²) in [6, 6.07) is 0. The Hall–Kier alpha value is -1.06. The van der Waals surface area contributed by atoms with Crippen LogP contribution in [-0.2, 0) is 14.3 Å². The molecule has 0 bridgehead atoms. The van der Waals surface area contributed by atoms with Gasteiger partial charge in [-0.2, -0.15) is 0 Å². The minimum absolute atomic E-state index is 0.0367. The molecule has 1 atom stereocenters. The lowest BCUT2D eigenvalue weighted by atomic mass is 10.1. The molecular weight excluding hydrogens is 184 g/mol. The van der Waals surface area contributed by atoms with E-state index in [-0.39, 0.29) is 30.8 Å². The third kappa shape index (κ3) is 7.58. The minimum Gasteiger partial charge on any atom is -0.481 e. The Morgan fingerprint density at radius 1 is 1.21 bits per heavy atom. The summed E-state index contributed by atoms with van der Waals surface area (Å²) in [7, 11) is 0. The molecule has 0 heterocycles. The van der Waals surface area contributed by atoms with Gasteiger partial charge in [-0.15, -0.1) is 0 Å². The van der Waals surface area contributed by atoms with Gasteiger partial charge in [0.2, 0.25) is 0 Å². The Balaban J connectivity index is 3.61. The smallest absolute Gasteiger partial charge is 0.306 e. The maximum atomic E-state index is 11.1. The van der Waals surface area contributed by atoms with Crippen molar-refractivity contribution >= 4 is 11.9 Å². The van der Waals surface area contributed by atoms with E-state index in [0.29, 0.717) is 6.42 Å². The van der Waals surface area contributed by atoms with Crippen LogP contribution in [0.25, 0.3) is 0 Å². The van der Waals surface area contributed by atoms with Crippen LogP contribution < -0.4 is 0 Å². The molecule has 0 saturated heterocycles. The molecule has 14 heavy (non-hydrogen) atoms. The first-order valence-corrected chi connectivity index (χ1v) is 4.79. The summed E-state index contributed by atoms with van der Waals surface area (Å²) in [5.74, 6) is -0.962. The van der Waals surface area contributed by atoms with Gasteiger partial charge in [-0.25, -0.2) is 0 Å². The summed E-state index contributed by atoms with van der Waals surface area (Å²) in [4.78, 5) is 21.4. The van der Waals surface area contributed by atoms with Crippen LogP contribution in [0.5, 0.6) is 0 Å². The maximum absolute atomic E-state index is 11.1. The average Bonchev–Trinajstić information content (AvgIpc) is 1.98. The largest absolute Gasteiger partial charge is 0.481 e. The zero-order valence-electron chi connectivity index (χ0n) is 8.95. The molecule has 0 rings (SSSR count). The lowest BCUT2D eigenvalue weighted by Gasteiger charge is -2.10. The molecule has 0 aliphatic heterocycles. The van der Waals surface area contributed by atoms with Gasteiger partial charge in [0.05, 0.1) is 13.0 Å². The molecule has 0 aromatic carbocycles. The van der Waals surface area contributed by atoms with Gasteiger partial charge >= 0.3 is 11.9 Å². The van der Waals surface area contributed by atoms with Crippen LogP contribution in [-0.4, -0.2) is 23.7 Å². The molecule has 0 aromatic rings. The molecule has 0 radical (unpaired) electrons. The number of rotatable bonds is 6. The molecule has 0 aliphatic rings. The van der Waals surface area contributed by atoms with Crippen LogP contribution in [0, 0.1) is 11.8 Å². The minimum atomic E-state index is -0.864. The highest BCUT2D eigenvalue weighted by Crippen LogP contribution is 2.05. The zero-order valence-corrected chi connectivity index (χ0v) is 8.95. The number of carbonyl (C=O) groups is 2. The Kier molecular flexibility index (Phi) is 5.92. The molecule has 1 unspecified atom stereocenters. The molecule has 1 N–H and O–H groups in total. The second-order valence-electron chi connectivity index (χ2n) is 3.98. The standard InChI is InChI=1S/C10H18O4/c1-7(2)4-10(13)14-6-8(3)5-9(11)12/h7-8H,4-6H2,1-3H3,(H,11,12). The second-order valence-corrected chi connectivity index (χ2v) is 3.98. The van der Waals surface area contributed by atoms with Gasteiger partial charge in [0.25, 0.3) is 0 Å². The fourth-order valence-corrected chi connectivity index (χ4v) is 0.984. The molecule has 0 aromatic heterocycles. The fourth-order valence-electron chi connectivity index (χ4n) is 0.984. The Morgan fingerprint density at radius 2 is 1.79 bits per heavy atom. The van der Waals surface area contributed by atoms with Crippen LogP contribution >= 0.6 is 0 Å². The number of carboxylic acids is 1. The summed E-state index contributed by atoms with van der Waals surface area (Å²) in [5, 5.41) is 8.45. The van der Waals surface area contributed by atoms with Crippen molar-refractivity contribution in [2.45, 2.75) is 33.6 Å². The highest BCUT2D eigenvalue weighted by atomic mass is 16.5. The first kappa shape index (κ1) is 12.9. The van der Waals surface area contributed by atoms with Crippen LogP contribution in [0.2, 0.25) is 0 Å². The van der Waals surface area contributed by atoms with E-state index in [2.05, 4.69) is 0 Å². The van der Waals surface area contributed by atoms with Crippen molar-refractivity contribution in [1.29, 1.82) is 0 Å². The normalized spacial score (nSPS) is 12.6. The monoisotopic (exact) mass is 202 g/mol. The quantitative estimate of drug-likeness (QED) is 0.666. The van der Waals surface area contributed by atoms with E-state index in [1.807, 2.05) is 13.8 Å². The van der Waals surface area contributed by atoms with Gasteiger partial charge in [-0.05, 0) is 5.92 Å². The molecule has 0 saturated carbocycles. The second kappa shape index (κ2) is 6.40. The van der Waals surface area contributed by atoms with E-state index >= 15 is 0 Å². The third-order valence-corrected chi connectivity index (χ3v) is 1.63. The van der Waals surface area contributed by atoms with E-state index in [0.717, 1.165) is 0 Å². The molecule has 0 aliphatic carbocycles. The number of hydrogen-bond acceptors (Lipinski definition) is 3. The molecule has 4 nitrogen and oxygen atoms in total. The van der Waals surface area contributed by atoms with E-state index in [9.17, 15) is 9.59 Å². The van der Waals surface area contributed by atoms with Crippen molar-refractivity contribution in [3.63, 3.8) is 0 Å². The molecule has 0 spiro atoms. The first-order chi connectivity index (χ1) is 6.41. The van der Waals surface area contributed by atoms with Crippen molar-refractivity contribution in [2.75, 3.05) is 6.61 Å². The lowest BCUT2D eigenvalue weighted by Crippen LogP contribution is -2.15. The summed E-state index contributed by atoms with van der Waals surface area (Å²) in [5.41, 5.74) is 0. The SMILES string of the molecule is CC(C)CC(=O)OCC(C)CC(=O)O. The summed E-state index contributed by atoms with van der Waals surface area (Å²) < 4.78 is 4.91. The highest BCUT2D eigenvalue weighted by molar-refractivity contribution is 5.69. The lowest BCUT2D eigenvalue weighted by molar-refractivity contribution is -0.148. The first-order valence-electron chi connectivity index (χ1n) is 4.79. The number of aliphatic carboxylic acids is 1. The number of esters is 1. The van der Waals surface area contributed by atoms with Crippen LogP contribution in [0.4, 0.5) is 0 Å². The van der Waals surface area contributed by atoms with Gasteiger partial charge < -0.3 is 9.84 Å². The predicted octanol–water partition coefficient (Wildman–Crippen LogP) is 1.69. The van der Waals surface area contributed by atoms with E-state index in [1.165, 1.54) is 0 Å². The predicted molar refractivity (Wildman–Crippen MR) is 51.8 cm³/mol. The zero-order chi connectivity index (χ0) is 11.1. The molecule has 4 heteroatoms. The van der Waals surface area contributed by atoms with Gasteiger partial charge in [0.1, 0.15) is 0 Å². The summed E-state index contributed by atoms with van der Waals surface area (Å²) in [6.07, 6.45) is 0.425. The van der Waals surface area contributed by atoms with Gasteiger partial charge in [0.15, 0.2) is 0 Å². The number of carbonyl (C=O) groups excluding carboxylic acids is 1. The third-order valence-electron chi connectivity index (χ3n) is 1.63. The topological polar surface area (TPSA) is 63.6 Å². The Morgan fingerprint density at radius 3 is 2.21 bits per heavy atom.